The van der Waals surface area contributed by atoms with Gasteiger partial charge in [-0.25, -0.2) is 4.99 Å². The van der Waals surface area contributed by atoms with Crippen LogP contribution in [0.3, 0.4) is 0 Å². The molecule has 3 aliphatic rings. The van der Waals surface area contributed by atoms with Crippen LogP contribution in [0.1, 0.15) is 51.0 Å². The normalized spacial score (nSPS) is 32.1. The summed E-state index contributed by atoms with van der Waals surface area (Å²) in [6, 6.07) is 5.94. The first-order valence-corrected chi connectivity index (χ1v) is 10.9. The fraction of sp³-hybridized carbons (Fsp3) is 0.579. The van der Waals surface area contributed by atoms with E-state index in [-0.39, 0.29) is 11.5 Å². The second kappa shape index (κ2) is 6.31. The van der Waals surface area contributed by atoms with E-state index < -0.39 is 5.54 Å². The summed E-state index contributed by atoms with van der Waals surface area (Å²) in [5, 5.41) is 3.67. The van der Waals surface area contributed by atoms with E-state index in [1.54, 1.807) is 0 Å². The quantitative estimate of drug-likeness (QED) is 0.718. The van der Waals surface area contributed by atoms with Gasteiger partial charge in [0.15, 0.2) is 10.7 Å². The van der Waals surface area contributed by atoms with Gasteiger partial charge >= 0.3 is 0 Å². The molecule has 0 saturated heterocycles. The lowest BCUT2D eigenvalue weighted by atomic mass is 9.68. The summed E-state index contributed by atoms with van der Waals surface area (Å²) in [4.78, 5) is 17.9. The molecular formula is C19H23BrN2O2S. The molecule has 1 spiro atoms. The molecule has 1 aromatic carbocycles. The third-order valence-electron chi connectivity index (χ3n) is 5.89. The van der Waals surface area contributed by atoms with E-state index in [9.17, 15) is 4.79 Å². The van der Waals surface area contributed by atoms with Crippen molar-refractivity contribution in [2.75, 3.05) is 6.26 Å². The summed E-state index contributed by atoms with van der Waals surface area (Å²) in [5.41, 5.74) is -0.366. The van der Waals surface area contributed by atoms with Gasteiger partial charge in [-0.2, -0.15) is 0 Å². The number of fused-ring (bicyclic) bond motifs is 2. The van der Waals surface area contributed by atoms with Crippen LogP contribution in [0.5, 0.6) is 5.75 Å². The average Bonchev–Trinajstić information content (AvgIpc) is 2.93. The van der Waals surface area contributed by atoms with Gasteiger partial charge in [0, 0.05) is 16.5 Å². The van der Waals surface area contributed by atoms with Crippen molar-refractivity contribution < 1.29 is 9.53 Å². The second-order valence-electron chi connectivity index (χ2n) is 7.50. The van der Waals surface area contributed by atoms with Crippen molar-refractivity contribution in [2.45, 2.75) is 56.6 Å². The number of nitrogens with one attached hydrogen (secondary N) is 1. The molecule has 1 aromatic rings. The minimum Gasteiger partial charge on any atom is -0.487 e. The molecule has 0 aromatic heterocycles. The minimum absolute atomic E-state index is 0.0264. The molecule has 2 atom stereocenters. The zero-order chi connectivity index (χ0) is 17.7. The molecule has 1 fully saturated rings. The molecule has 0 radical (unpaired) electrons. The number of benzene rings is 1. The molecule has 2 heterocycles. The predicted octanol–water partition coefficient (Wildman–Crippen LogP) is 4.61. The van der Waals surface area contributed by atoms with E-state index in [2.05, 4.69) is 28.2 Å². The predicted molar refractivity (Wildman–Crippen MR) is 105 cm³/mol. The van der Waals surface area contributed by atoms with Crippen LogP contribution >= 0.6 is 27.7 Å². The minimum atomic E-state index is -0.873. The molecule has 4 rings (SSSR count). The number of hydrogen-bond donors (Lipinski definition) is 1. The van der Waals surface area contributed by atoms with Gasteiger partial charge < -0.3 is 10.1 Å². The topological polar surface area (TPSA) is 50.7 Å². The van der Waals surface area contributed by atoms with Gasteiger partial charge in [-0.1, -0.05) is 47.0 Å². The SMILES string of the molecule is CSC1=NC2(C[C@](C)(C3CCCCC3)Oc3ccc(Br)cc32)C(=O)N1. The van der Waals surface area contributed by atoms with Crippen molar-refractivity contribution in [2.24, 2.45) is 10.9 Å². The molecule has 6 heteroatoms. The Morgan fingerprint density at radius 1 is 1.32 bits per heavy atom. The molecule has 1 aliphatic carbocycles. The Morgan fingerprint density at radius 2 is 2.08 bits per heavy atom. The Balaban J connectivity index is 1.84. The van der Waals surface area contributed by atoms with E-state index in [1.165, 1.54) is 43.9 Å². The first-order valence-electron chi connectivity index (χ1n) is 8.91. The van der Waals surface area contributed by atoms with Crippen molar-refractivity contribution in [1.82, 2.24) is 5.32 Å². The van der Waals surface area contributed by atoms with Crippen LogP contribution in [0, 0.1) is 5.92 Å². The van der Waals surface area contributed by atoms with Crippen LogP contribution in [0.4, 0.5) is 0 Å². The average molecular weight is 423 g/mol. The molecule has 134 valence electrons. The molecule has 1 N–H and O–H groups in total. The number of carbonyl (C=O) groups excluding carboxylic acids is 1. The Kier molecular flexibility index (Phi) is 4.39. The van der Waals surface area contributed by atoms with Gasteiger partial charge in [0.05, 0.1) is 0 Å². The highest BCUT2D eigenvalue weighted by molar-refractivity contribution is 9.10. The van der Waals surface area contributed by atoms with Gasteiger partial charge in [0.2, 0.25) is 0 Å². The summed E-state index contributed by atoms with van der Waals surface area (Å²) in [5.74, 6) is 1.24. The van der Waals surface area contributed by atoms with E-state index >= 15 is 0 Å². The fourth-order valence-corrected chi connectivity index (χ4v) is 5.40. The third kappa shape index (κ3) is 2.81. The fourth-order valence-electron chi connectivity index (χ4n) is 4.60. The van der Waals surface area contributed by atoms with Gasteiger partial charge in [-0.3, -0.25) is 4.79 Å². The van der Waals surface area contributed by atoms with E-state index in [4.69, 9.17) is 9.73 Å². The van der Waals surface area contributed by atoms with Gasteiger partial charge in [0.25, 0.3) is 5.91 Å². The first-order chi connectivity index (χ1) is 12.0. The first kappa shape index (κ1) is 17.4. The summed E-state index contributed by atoms with van der Waals surface area (Å²) in [6.07, 6.45) is 8.67. The third-order valence-corrected chi connectivity index (χ3v) is 6.96. The number of amidine groups is 1. The number of halogens is 1. The number of thioether (sulfide) groups is 1. The Bertz CT molecular complexity index is 747. The lowest BCUT2D eigenvalue weighted by molar-refractivity contribution is -0.129. The van der Waals surface area contributed by atoms with Crippen molar-refractivity contribution in [3.8, 4) is 5.75 Å². The number of rotatable bonds is 1. The van der Waals surface area contributed by atoms with Crippen LogP contribution in [0.25, 0.3) is 0 Å². The maximum Gasteiger partial charge on any atom is 0.258 e. The number of carbonyl (C=O) groups is 1. The molecule has 1 unspecified atom stereocenters. The largest absolute Gasteiger partial charge is 0.487 e. The molecule has 2 aliphatic heterocycles. The molecule has 25 heavy (non-hydrogen) atoms. The maximum absolute atomic E-state index is 13.1. The zero-order valence-electron chi connectivity index (χ0n) is 14.6. The van der Waals surface area contributed by atoms with Gasteiger partial charge in [-0.05, 0) is 50.1 Å². The van der Waals surface area contributed by atoms with Gasteiger partial charge in [0.1, 0.15) is 11.4 Å². The maximum atomic E-state index is 13.1. The highest BCUT2D eigenvalue weighted by Gasteiger charge is 2.57. The Labute approximate surface area is 161 Å². The molecule has 1 saturated carbocycles. The zero-order valence-corrected chi connectivity index (χ0v) is 17.0. The van der Waals surface area contributed by atoms with Crippen LogP contribution < -0.4 is 10.1 Å². The molecule has 4 nitrogen and oxygen atoms in total. The van der Waals surface area contributed by atoms with Crippen molar-refractivity contribution in [1.29, 1.82) is 0 Å². The number of aliphatic imine (C=N–C) groups is 1. The lowest BCUT2D eigenvalue weighted by Gasteiger charge is -2.47. The number of amides is 1. The number of ether oxygens (including phenoxy) is 1. The second-order valence-corrected chi connectivity index (χ2v) is 9.21. The monoisotopic (exact) mass is 422 g/mol. The Hall–Kier alpha value is -1.01. The molecular weight excluding hydrogens is 400 g/mol. The van der Waals surface area contributed by atoms with Crippen molar-refractivity contribution in [3.63, 3.8) is 0 Å². The van der Waals surface area contributed by atoms with Crippen LogP contribution in [0.15, 0.2) is 27.7 Å². The highest BCUT2D eigenvalue weighted by Crippen LogP contribution is 2.52. The van der Waals surface area contributed by atoms with Crippen molar-refractivity contribution >= 4 is 38.8 Å². The van der Waals surface area contributed by atoms with Crippen LogP contribution in [0.2, 0.25) is 0 Å². The van der Waals surface area contributed by atoms with Crippen LogP contribution in [-0.4, -0.2) is 22.9 Å². The molecule has 1 amide bonds. The summed E-state index contributed by atoms with van der Waals surface area (Å²) in [6.45, 7) is 2.18. The smallest absolute Gasteiger partial charge is 0.258 e. The van der Waals surface area contributed by atoms with E-state index in [0.717, 1.165) is 15.8 Å². The Morgan fingerprint density at radius 3 is 2.76 bits per heavy atom. The standard InChI is InChI=1S/C19H23BrN2O2S/c1-18(12-6-4-3-5-7-12)11-19(16(23)21-17(22-19)25-2)14-10-13(20)8-9-15(14)24-18/h8-10,12H,3-7,11H2,1-2H3,(H,21,22,23)/t18-,19?/m1/s1. The summed E-state index contributed by atoms with van der Waals surface area (Å²) in [7, 11) is 0. The number of nitrogens with zero attached hydrogens (tertiary/aromatic N) is 1. The lowest BCUT2D eigenvalue weighted by Crippen LogP contribution is -2.53. The highest BCUT2D eigenvalue weighted by atomic mass is 79.9. The number of hydrogen-bond acceptors (Lipinski definition) is 4. The van der Waals surface area contributed by atoms with Crippen LogP contribution in [-0.2, 0) is 10.3 Å². The van der Waals surface area contributed by atoms with E-state index in [1.807, 2.05) is 24.5 Å². The van der Waals surface area contributed by atoms with E-state index in [0.29, 0.717) is 17.5 Å². The van der Waals surface area contributed by atoms with Gasteiger partial charge in [-0.15, -0.1) is 0 Å². The summed E-state index contributed by atoms with van der Waals surface area (Å²) < 4.78 is 7.48. The van der Waals surface area contributed by atoms with Crippen molar-refractivity contribution in [3.05, 3.63) is 28.2 Å². The summed E-state index contributed by atoms with van der Waals surface area (Å²) >= 11 is 5.02. The molecule has 0 bridgehead atoms.